The van der Waals surface area contributed by atoms with Gasteiger partial charge in [0, 0.05) is 16.7 Å². The molecule has 2 N–H and O–H groups in total. The van der Waals surface area contributed by atoms with Crippen molar-refractivity contribution in [3.63, 3.8) is 0 Å². The second-order valence-electron chi connectivity index (χ2n) is 5.48. The predicted molar refractivity (Wildman–Crippen MR) is 69.4 cm³/mol. The number of ether oxygens (including phenoxy) is 1. The standard InChI is InChI=1S/C14H20N2O/c1-16-7-2-5-14(6-8-16)10-17-13-4-3-11(15)9-12(13)14/h3-4,9H,2,5-8,10,15H2,1H3. The van der Waals surface area contributed by atoms with Crippen LogP contribution in [0.15, 0.2) is 18.2 Å². The number of nitrogens with two attached hydrogens (primary N) is 1. The van der Waals surface area contributed by atoms with Gasteiger partial charge in [0.25, 0.3) is 0 Å². The number of likely N-dealkylation sites (tertiary alicyclic amines) is 1. The van der Waals surface area contributed by atoms with Crippen molar-refractivity contribution in [1.29, 1.82) is 0 Å². The number of nitrogen functional groups attached to an aromatic ring is 1. The van der Waals surface area contributed by atoms with E-state index in [-0.39, 0.29) is 5.41 Å². The Balaban J connectivity index is 1.97. The molecule has 1 fully saturated rings. The third-order valence-corrected chi connectivity index (χ3v) is 4.25. The van der Waals surface area contributed by atoms with Crippen molar-refractivity contribution in [2.24, 2.45) is 0 Å². The lowest BCUT2D eigenvalue weighted by Crippen LogP contribution is -2.29. The molecule has 2 aliphatic rings. The molecule has 0 aliphatic carbocycles. The molecule has 0 saturated carbocycles. The Hall–Kier alpha value is -1.22. The fourth-order valence-corrected chi connectivity index (χ4v) is 3.12. The van der Waals surface area contributed by atoms with E-state index < -0.39 is 0 Å². The minimum atomic E-state index is 0.218. The van der Waals surface area contributed by atoms with E-state index in [2.05, 4.69) is 18.0 Å². The van der Waals surface area contributed by atoms with Gasteiger partial charge in [0.2, 0.25) is 0 Å². The van der Waals surface area contributed by atoms with Crippen molar-refractivity contribution >= 4 is 5.69 Å². The van der Waals surface area contributed by atoms with Gasteiger partial charge in [-0.05, 0) is 57.6 Å². The van der Waals surface area contributed by atoms with Crippen molar-refractivity contribution < 1.29 is 4.74 Å². The maximum Gasteiger partial charge on any atom is 0.123 e. The maximum atomic E-state index is 5.92. The van der Waals surface area contributed by atoms with Crippen LogP contribution in [0.5, 0.6) is 5.75 Å². The molecule has 0 amide bonds. The van der Waals surface area contributed by atoms with Crippen LogP contribution >= 0.6 is 0 Å². The fourth-order valence-electron chi connectivity index (χ4n) is 3.12. The summed E-state index contributed by atoms with van der Waals surface area (Å²) in [6, 6.07) is 6.07. The molecule has 1 spiro atoms. The van der Waals surface area contributed by atoms with Crippen LogP contribution in [0.4, 0.5) is 5.69 Å². The number of hydrogen-bond acceptors (Lipinski definition) is 3. The van der Waals surface area contributed by atoms with Crippen molar-refractivity contribution in [3.8, 4) is 5.75 Å². The van der Waals surface area contributed by atoms with Crippen molar-refractivity contribution in [1.82, 2.24) is 4.90 Å². The zero-order valence-corrected chi connectivity index (χ0v) is 10.4. The third-order valence-electron chi connectivity index (χ3n) is 4.25. The number of fused-ring (bicyclic) bond motifs is 2. The van der Waals surface area contributed by atoms with Crippen molar-refractivity contribution in [3.05, 3.63) is 23.8 Å². The van der Waals surface area contributed by atoms with Gasteiger partial charge in [0.15, 0.2) is 0 Å². The van der Waals surface area contributed by atoms with E-state index in [9.17, 15) is 0 Å². The number of anilines is 1. The lowest BCUT2D eigenvalue weighted by atomic mass is 9.76. The molecule has 0 radical (unpaired) electrons. The molecule has 1 aromatic rings. The Kier molecular flexibility index (Phi) is 2.51. The van der Waals surface area contributed by atoms with E-state index in [1.807, 2.05) is 12.1 Å². The predicted octanol–water partition coefficient (Wildman–Crippen LogP) is 2.01. The van der Waals surface area contributed by atoms with Crippen LogP contribution in [0, 0.1) is 0 Å². The fraction of sp³-hybridized carbons (Fsp3) is 0.571. The van der Waals surface area contributed by atoms with Crippen LogP contribution < -0.4 is 10.5 Å². The topological polar surface area (TPSA) is 38.5 Å². The first kappa shape index (κ1) is 10.9. The summed E-state index contributed by atoms with van der Waals surface area (Å²) in [6.07, 6.45) is 3.64. The van der Waals surface area contributed by atoms with E-state index in [1.165, 1.54) is 31.4 Å². The van der Waals surface area contributed by atoms with Crippen LogP contribution in [0.2, 0.25) is 0 Å². The van der Waals surface area contributed by atoms with E-state index in [0.29, 0.717) is 0 Å². The maximum absolute atomic E-state index is 5.92. The molecule has 3 heteroatoms. The average Bonchev–Trinajstić information content (AvgIpc) is 2.53. The smallest absolute Gasteiger partial charge is 0.123 e. The van der Waals surface area contributed by atoms with Gasteiger partial charge in [-0.25, -0.2) is 0 Å². The summed E-state index contributed by atoms with van der Waals surface area (Å²) in [5.41, 5.74) is 8.33. The quantitative estimate of drug-likeness (QED) is 0.695. The van der Waals surface area contributed by atoms with Crippen molar-refractivity contribution in [2.75, 3.05) is 32.5 Å². The minimum Gasteiger partial charge on any atom is -0.492 e. The van der Waals surface area contributed by atoms with Crippen LogP contribution in [-0.2, 0) is 5.41 Å². The summed E-state index contributed by atoms with van der Waals surface area (Å²) < 4.78 is 5.86. The highest BCUT2D eigenvalue weighted by molar-refractivity contribution is 5.53. The summed E-state index contributed by atoms with van der Waals surface area (Å²) in [4.78, 5) is 2.42. The Bertz CT molecular complexity index is 432. The van der Waals surface area contributed by atoms with Gasteiger partial charge < -0.3 is 15.4 Å². The molecule has 17 heavy (non-hydrogen) atoms. The SMILES string of the molecule is CN1CCCC2(CC1)COc1ccc(N)cc12. The van der Waals surface area contributed by atoms with Gasteiger partial charge in [0.05, 0.1) is 6.61 Å². The van der Waals surface area contributed by atoms with Crippen LogP contribution in [-0.4, -0.2) is 31.6 Å². The molecule has 1 aromatic carbocycles. The number of nitrogens with zero attached hydrogens (tertiary/aromatic N) is 1. The molecular formula is C14H20N2O. The number of hydrogen-bond donors (Lipinski definition) is 1. The van der Waals surface area contributed by atoms with E-state index in [1.54, 1.807) is 0 Å². The van der Waals surface area contributed by atoms with Gasteiger partial charge in [-0.15, -0.1) is 0 Å². The van der Waals surface area contributed by atoms with E-state index in [4.69, 9.17) is 10.5 Å². The Morgan fingerprint density at radius 2 is 2.18 bits per heavy atom. The van der Waals surface area contributed by atoms with Gasteiger partial charge in [-0.1, -0.05) is 0 Å². The highest BCUT2D eigenvalue weighted by Gasteiger charge is 2.41. The molecule has 92 valence electrons. The molecular weight excluding hydrogens is 212 g/mol. The molecule has 3 nitrogen and oxygen atoms in total. The molecule has 1 atom stereocenters. The zero-order chi connectivity index (χ0) is 11.9. The van der Waals surface area contributed by atoms with Gasteiger partial charge in [0.1, 0.15) is 5.75 Å². The summed E-state index contributed by atoms with van der Waals surface area (Å²) in [6.45, 7) is 3.18. The Morgan fingerprint density at radius 3 is 3.06 bits per heavy atom. The summed E-state index contributed by atoms with van der Waals surface area (Å²) in [7, 11) is 2.20. The molecule has 2 heterocycles. The zero-order valence-electron chi connectivity index (χ0n) is 10.4. The van der Waals surface area contributed by atoms with Crippen LogP contribution in [0.3, 0.4) is 0 Å². The van der Waals surface area contributed by atoms with Crippen LogP contribution in [0.25, 0.3) is 0 Å². The number of benzene rings is 1. The monoisotopic (exact) mass is 232 g/mol. The Labute approximate surface area is 103 Å². The normalized spacial score (nSPS) is 28.8. The first-order valence-corrected chi connectivity index (χ1v) is 6.41. The molecule has 0 aromatic heterocycles. The molecule has 1 saturated heterocycles. The molecule has 0 bridgehead atoms. The lowest BCUT2D eigenvalue weighted by Gasteiger charge is -2.26. The first-order chi connectivity index (χ1) is 8.20. The number of rotatable bonds is 0. The van der Waals surface area contributed by atoms with E-state index in [0.717, 1.165) is 24.6 Å². The molecule has 3 rings (SSSR count). The van der Waals surface area contributed by atoms with Gasteiger partial charge >= 0.3 is 0 Å². The Morgan fingerprint density at radius 1 is 1.29 bits per heavy atom. The van der Waals surface area contributed by atoms with Crippen molar-refractivity contribution in [2.45, 2.75) is 24.7 Å². The first-order valence-electron chi connectivity index (χ1n) is 6.41. The summed E-state index contributed by atoms with van der Waals surface area (Å²) in [5, 5.41) is 0. The second kappa shape index (κ2) is 3.91. The average molecular weight is 232 g/mol. The minimum absolute atomic E-state index is 0.218. The van der Waals surface area contributed by atoms with Gasteiger partial charge in [-0.3, -0.25) is 0 Å². The largest absolute Gasteiger partial charge is 0.492 e. The van der Waals surface area contributed by atoms with E-state index >= 15 is 0 Å². The summed E-state index contributed by atoms with van der Waals surface area (Å²) in [5.74, 6) is 1.05. The second-order valence-corrected chi connectivity index (χ2v) is 5.48. The van der Waals surface area contributed by atoms with Gasteiger partial charge in [-0.2, -0.15) is 0 Å². The third kappa shape index (κ3) is 1.78. The highest BCUT2D eigenvalue weighted by atomic mass is 16.5. The molecule has 2 aliphatic heterocycles. The molecule has 1 unspecified atom stereocenters. The van der Waals surface area contributed by atoms with Crippen LogP contribution in [0.1, 0.15) is 24.8 Å². The highest BCUT2D eigenvalue weighted by Crippen LogP contribution is 2.45. The summed E-state index contributed by atoms with van der Waals surface area (Å²) >= 11 is 0. The lowest BCUT2D eigenvalue weighted by molar-refractivity contribution is 0.241.